The van der Waals surface area contributed by atoms with Crippen molar-refractivity contribution in [3.05, 3.63) is 0 Å². The van der Waals surface area contributed by atoms with Crippen LogP contribution in [0.5, 0.6) is 0 Å². The van der Waals surface area contributed by atoms with Crippen LogP contribution in [0, 0.1) is 0 Å². The van der Waals surface area contributed by atoms with Crippen LogP contribution in [0.4, 0.5) is 0 Å². The monoisotopic (exact) mass is 258 g/mol. The summed E-state index contributed by atoms with van der Waals surface area (Å²) in [5.41, 5.74) is 0. The predicted molar refractivity (Wildman–Crippen MR) is 71.3 cm³/mol. The Kier molecular flexibility index (Phi) is 9.28. The summed E-state index contributed by atoms with van der Waals surface area (Å²) < 4.78 is 4.63. The fourth-order valence-corrected chi connectivity index (χ4v) is 1.78. The van der Waals surface area contributed by atoms with Gasteiger partial charge in [-0.1, -0.05) is 6.92 Å². The highest BCUT2D eigenvalue weighted by Crippen LogP contribution is 2.00. The highest BCUT2D eigenvalue weighted by Gasteiger charge is 2.12. The summed E-state index contributed by atoms with van der Waals surface area (Å²) >= 11 is 0. The largest absolute Gasteiger partial charge is 0.468 e. The van der Waals surface area contributed by atoms with Gasteiger partial charge in [-0.3, -0.25) is 14.5 Å². The van der Waals surface area contributed by atoms with Crippen LogP contribution < -0.4 is 0 Å². The molecule has 0 aromatic heterocycles. The number of carbonyl (C=O) groups is 2. The van der Waals surface area contributed by atoms with Gasteiger partial charge in [0.2, 0.25) is 5.91 Å². The molecule has 0 N–H and O–H groups in total. The van der Waals surface area contributed by atoms with Gasteiger partial charge in [-0.05, 0) is 33.4 Å². The highest BCUT2D eigenvalue weighted by molar-refractivity contribution is 5.76. The number of carbonyl (C=O) groups excluding carboxylic acids is 2. The van der Waals surface area contributed by atoms with Crippen molar-refractivity contribution < 1.29 is 14.3 Å². The van der Waals surface area contributed by atoms with Crippen LogP contribution >= 0.6 is 0 Å². The average Bonchev–Trinajstić information content (AvgIpc) is 2.38. The van der Waals surface area contributed by atoms with Gasteiger partial charge in [0.25, 0.3) is 0 Å². The Hall–Kier alpha value is -1.10. The molecule has 1 amide bonds. The molecule has 5 heteroatoms. The van der Waals surface area contributed by atoms with Crippen LogP contribution in [0.15, 0.2) is 0 Å². The minimum atomic E-state index is -0.230. The van der Waals surface area contributed by atoms with Crippen molar-refractivity contribution >= 4 is 11.9 Å². The molecule has 0 aliphatic carbocycles. The Morgan fingerprint density at radius 2 is 1.67 bits per heavy atom. The van der Waals surface area contributed by atoms with E-state index in [9.17, 15) is 9.59 Å². The molecular formula is C13H26N2O3. The van der Waals surface area contributed by atoms with Crippen molar-refractivity contribution in [2.24, 2.45) is 0 Å². The lowest BCUT2D eigenvalue weighted by molar-refractivity contribution is -0.141. The average molecular weight is 258 g/mol. The summed E-state index contributed by atoms with van der Waals surface area (Å²) in [7, 11) is 1.39. The van der Waals surface area contributed by atoms with E-state index >= 15 is 0 Å². The van der Waals surface area contributed by atoms with E-state index < -0.39 is 0 Å². The van der Waals surface area contributed by atoms with Crippen molar-refractivity contribution in [2.75, 3.05) is 39.8 Å². The third kappa shape index (κ3) is 6.59. The van der Waals surface area contributed by atoms with Crippen LogP contribution in [0.3, 0.4) is 0 Å². The topological polar surface area (TPSA) is 49.9 Å². The number of hydrogen-bond donors (Lipinski definition) is 0. The van der Waals surface area contributed by atoms with E-state index in [1.54, 1.807) is 0 Å². The van der Waals surface area contributed by atoms with Gasteiger partial charge in [0.1, 0.15) is 0 Å². The predicted octanol–water partition coefficient (Wildman–Crippen LogP) is 1.13. The standard InChI is InChI=1S/C13H26N2O3/c1-5-14(11-13(17)18-4)10-8-9-12(16)15(6-2)7-3/h5-11H2,1-4H3. The molecular weight excluding hydrogens is 232 g/mol. The summed E-state index contributed by atoms with van der Waals surface area (Å²) in [6.45, 7) is 9.31. The number of esters is 1. The molecule has 0 radical (unpaired) electrons. The smallest absolute Gasteiger partial charge is 0.319 e. The maximum Gasteiger partial charge on any atom is 0.319 e. The fraction of sp³-hybridized carbons (Fsp3) is 0.846. The normalized spacial score (nSPS) is 10.5. The van der Waals surface area contributed by atoms with E-state index in [1.165, 1.54) is 7.11 Å². The zero-order chi connectivity index (χ0) is 14.0. The Morgan fingerprint density at radius 3 is 2.11 bits per heavy atom. The van der Waals surface area contributed by atoms with Crippen LogP contribution in [0.1, 0.15) is 33.6 Å². The van der Waals surface area contributed by atoms with Crippen molar-refractivity contribution in [2.45, 2.75) is 33.6 Å². The Labute approximate surface area is 110 Å². The van der Waals surface area contributed by atoms with Crippen LogP contribution in [-0.4, -0.2) is 61.5 Å². The second-order valence-corrected chi connectivity index (χ2v) is 4.11. The quantitative estimate of drug-likeness (QED) is 0.582. The highest BCUT2D eigenvalue weighted by atomic mass is 16.5. The number of methoxy groups -OCH3 is 1. The molecule has 0 saturated carbocycles. The molecule has 0 aliphatic rings. The molecule has 106 valence electrons. The van der Waals surface area contributed by atoms with E-state index in [0.29, 0.717) is 13.0 Å². The molecule has 0 aromatic carbocycles. The van der Waals surface area contributed by atoms with Gasteiger partial charge in [-0.15, -0.1) is 0 Å². The lowest BCUT2D eigenvalue weighted by Crippen LogP contribution is -2.33. The number of likely N-dealkylation sites (N-methyl/N-ethyl adjacent to an activating group) is 1. The Morgan fingerprint density at radius 1 is 1.06 bits per heavy atom. The number of rotatable bonds is 9. The summed E-state index contributed by atoms with van der Waals surface area (Å²) in [5.74, 6) is -0.0407. The second kappa shape index (κ2) is 9.88. The zero-order valence-corrected chi connectivity index (χ0v) is 12.1. The van der Waals surface area contributed by atoms with Gasteiger partial charge in [0.05, 0.1) is 13.7 Å². The third-order valence-electron chi connectivity index (χ3n) is 3.01. The van der Waals surface area contributed by atoms with E-state index in [2.05, 4.69) is 4.74 Å². The van der Waals surface area contributed by atoms with E-state index in [1.807, 2.05) is 30.6 Å². The van der Waals surface area contributed by atoms with Crippen molar-refractivity contribution in [3.8, 4) is 0 Å². The minimum absolute atomic E-state index is 0.189. The number of amides is 1. The van der Waals surface area contributed by atoms with Crippen molar-refractivity contribution in [1.82, 2.24) is 9.80 Å². The molecule has 0 heterocycles. The lowest BCUT2D eigenvalue weighted by Gasteiger charge is -2.21. The molecule has 0 bridgehead atoms. The van der Waals surface area contributed by atoms with Gasteiger partial charge in [-0.2, -0.15) is 0 Å². The molecule has 0 saturated heterocycles. The molecule has 18 heavy (non-hydrogen) atoms. The maximum absolute atomic E-state index is 11.8. The molecule has 0 aliphatic heterocycles. The summed E-state index contributed by atoms with van der Waals surface area (Å²) in [6, 6.07) is 0. The van der Waals surface area contributed by atoms with Gasteiger partial charge < -0.3 is 9.64 Å². The van der Waals surface area contributed by atoms with E-state index in [4.69, 9.17) is 0 Å². The van der Waals surface area contributed by atoms with Crippen molar-refractivity contribution in [3.63, 3.8) is 0 Å². The number of hydrogen-bond acceptors (Lipinski definition) is 4. The number of ether oxygens (including phenoxy) is 1. The lowest BCUT2D eigenvalue weighted by atomic mass is 10.2. The molecule has 0 aromatic rings. The first kappa shape index (κ1) is 16.9. The Bertz CT molecular complexity index is 253. The molecule has 0 fully saturated rings. The first-order valence-corrected chi connectivity index (χ1v) is 6.65. The SMILES string of the molecule is CCN(CCCC(=O)N(CC)CC)CC(=O)OC. The van der Waals surface area contributed by atoms with Gasteiger partial charge in [0, 0.05) is 19.5 Å². The molecule has 5 nitrogen and oxygen atoms in total. The Balaban J connectivity index is 3.93. The first-order chi connectivity index (χ1) is 8.58. The van der Waals surface area contributed by atoms with E-state index in [-0.39, 0.29) is 11.9 Å². The maximum atomic E-state index is 11.8. The fourth-order valence-electron chi connectivity index (χ4n) is 1.78. The molecule has 0 rings (SSSR count). The van der Waals surface area contributed by atoms with Gasteiger partial charge in [0.15, 0.2) is 0 Å². The molecule has 0 unspecified atom stereocenters. The summed E-state index contributed by atoms with van der Waals surface area (Å²) in [6.07, 6.45) is 1.32. The third-order valence-corrected chi connectivity index (χ3v) is 3.01. The van der Waals surface area contributed by atoms with Crippen molar-refractivity contribution in [1.29, 1.82) is 0 Å². The van der Waals surface area contributed by atoms with Crippen LogP contribution in [0.2, 0.25) is 0 Å². The van der Waals surface area contributed by atoms with Crippen LogP contribution in [-0.2, 0) is 14.3 Å². The summed E-state index contributed by atoms with van der Waals surface area (Å²) in [4.78, 5) is 26.7. The minimum Gasteiger partial charge on any atom is -0.468 e. The van der Waals surface area contributed by atoms with Gasteiger partial charge in [-0.25, -0.2) is 0 Å². The summed E-state index contributed by atoms with van der Waals surface area (Å²) in [5, 5.41) is 0. The van der Waals surface area contributed by atoms with E-state index in [0.717, 1.165) is 32.6 Å². The van der Waals surface area contributed by atoms with Crippen LogP contribution in [0.25, 0.3) is 0 Å². The zero-order valence-electron chi connectivity index (χ0n) is 12.1. The number of nitrogens with zero attached hydrogens (tertiary/aromatic N) is 2. The van der Waals surface area contributed by atoms with Gasteiger partial charge >= 0.3 is 5.97 Å². The second-order valence-electron chi connectivity index (χ2n) is 4.11. The molecule has 0 atom stereocenters. The molecule has 0 spiro atoms. The first-order valence-electron chi connectivity index (χ1n) is 6.65.